The van der Waals surface area contributed by atoms with E-state index in [0.29, 0.717) is 0 Å². The van der Waals surface area contributed by atoms with Crippen LogP contribution in [0.4, 0.5) is 0 Å². The first kappa shape index (κ1) is 10.5. The average molecular weight is 157 g/mol. The molecule has 2 nitrogen and oxygen atoms in total. The molecule has 11 heavy (non-hydrogen) atoms. The predicted octanol–water partition coefficient (Wildman–Crippen LogP) is 2.22. The van der Waals surface area contributed by atoms with Gasteiger partial charge in [-0.3, -0.25) is 4.90 Å². The maximum absolute atomic E-state index is 5.44. The standard InChI is InChI=1S/C9H19NO/c1-5-7-8-11-9(6-2)10(3)4/h7-9H,5-6H2,1-4H3. The minimum absolute atomic E-state index is 0.220. The Hall–Kier alpha value is -0.500. The molecule has 0 aromatic heterocycles. The number of hydrogen-bond acceptors (Lipinski definition) is 2. The van der Waals surface area contributed by atoms with E-state index in [1.54, 1.807) is 6.26 Å². The largest absolute Gasteiger partial charge is 0.483 e. The molecule has 0 aromatic carbocycles. The van der Waals surface area contributed by atoms with Gasteiger partial charge in [0.2, 0.25) is 0 Å². The van der Waals surface area contributed by atoms with Crippen LogP contribution in [-0.4, -0.2) is 25.2 Å². The van der Waals surface area contributed by atoms with E-state index in [1.165, 1.54) is 0 Å². The van der Waals surface area contributed by atoms with E-state index in [1.807, 2.05) is 20.2 Å². The van der Waals surface area contributed by atoms with Crippen LogP contribution < -0.4 is 0 Å². The molecule has 1 unspecified atom stereocenters. The predicted molar refractivity (Wildman–Crippen MR) is 48.3 cm³/mol. The van der Waals surface area contributed by atoms with Gasteiger partial charge in [-0.25, -0.2) is 0 Å². The maximum Gasteiger partial charge on any atom is 0.150 e. The average Bonchev–Trinajstić information content (AvgIpc) is 1.97. The summed E-state index contributed by atoms with van der Waals surface area (Å²) in [4.78, 5) is 2.07. The van der Waals surface area contributed by atoms with E-state index < -0.39 is 0 Å². The molecule has 0 spiro atoms. The van der Waals surface area contributed by atoms with Crippen LogP contribution in [0, 0.1) is 0 Å². The van der Waals surface area contributed by atoms with Crippen molar-refractivity contribution >= 4 is 0 Å². The quantitative estimate of drug-likeness (QED) is 0.448. The second-order valence-electron chi connectivity index (χ2n) is 2.74. The van der Waals surface area contributed by atoms with Crippen LogP contribution in [0.25, 0.3) is 0 Å². The lowest BCUT2D eigenvalue weighted by Gasteiger charge is -2.21. The minimum atomic E-state index is 0.220. The van der Waals surface area contributed by atoms with Crippen molar-refractivity contribution in [2.75, 3.05) is 14.1 Å². The van der Waals surface area contributed by atoms with E-state index in [-0.39, 0.29) is 6.23 Å². The molecule has 0 saturated carbocycles. The molecular formula is C9H19NO. The molecule has 2 heteroatoms. The van der Waals surface area contributed by atoms with Crippen LogP contribution >= 0.6 is 0 Å². The van der Waals surface area contributed by atoms with Crippen molar-refractivity contribution in [3.8, 4) is 0 Å². The van der Waals surface area contributed by atoms with Gasteiger partial charge in [-0.2, -0.15) is 0 Å². The lowest BCUT2D eigenvalue weighted by molar-refractivity contribution is 0.0215. The summed E-state index contributed by atoms with van der Waals surface area (Å²) in [5.74, 6) is 0. The molecular weight excluding hydrogens is 138 g/mol. The van der Waals surface area contributed by atoms with Gasteiger partial charge in [-0.1, -0.05) is 19.9 Å². The van der Waals surface area contributed by atoms with E-state index in [4.69, 9.17) is 4.74 Å². The summed E-state index contributed by atoms with van der Waals surface area (Å²) in [5, 5.41) is 0. The fraction of sp³-hybridized carbons (Fsp3) is 0.778. The lowest BCUT2D eigenvalue weighted by Crippen LogP contribution is -2.28. The van der Waals surface area contributed by atoms with Gasteiger partial charge in [0.1, 0.15) is 0 Å². The third kappa shape index (κ3) is 4.85. The molecule has 1 atom stereocenters. The topological polar surface area (TPSA) is 12.5 Å². The molecule has 0 radical (unpaired) electrons. The molecule has 0 amide bonds. The molecule has 0 saturated heterocycles. The molecule has 0 bridgehead atoms. The SMILES string of the molecule is CCC=COC(CC)N(C)C. The summed E-state index contributed by atoms with van der Waals surface area (Å²) >= 11 is 0. The molecule has 0 aliphatic heterocycles. The van der Waals surface area contributed by atoms with Crippen molar-refractivity contribution in [1.82, 2.24) is 4.90 Å². The summed E-state index contributed by atoms with van der Waals surface area (Å²) in [5.41, 5.74) is 0. The molecule has 0 aliphatic rings. The molecule has 0 N–H and O–H groups in total. The van der Waals surface area contributed by atoms with E-state index >= 15 is 0 Å². The summed E-state index contributed by atoms with van der Waals surface area (Å²) in [6.07, 6.45) is 6.07. The molecule has 0 rings (SSSR count). The normalized spacial score (nSPS) is 14.3. The molecule has 0 aliphatic carbocycles. The van der Waals surface area contributed by atoms with Crippen LogP contribution in [0.1, 0.15) is 26.7 Å². The second kappa shape index (κ2) is 6.23. The second-order valence-corrected chi connectivity index (χ2v) is 2.74. The highest BCUT2D eigenvalue weighted by Crippen LogP contribution is 2.01. The zero-order valence-corrected chi connectivity index (χ0v) is 8.00. The zero-order chi connectivity index (χ0) is 8.69. The van der Waals surface area contributed by atoms with Gasteiger partial charge in [0, 0.05) is 0 Å². The van der Waals surface area contributed by atoms with Gasteiger partial charge in [-0.15, -0.1) is 0 Å². The minimum Gasteiger partial charge on any atom is -0.483 e. The first-order valence-electron chi connectivity index (χ1n) is 4.19. The Kier molecular flexibility index (Phi) is 5.94. The number of hydrogen-bond donors (Lipinski definition) is 0. The lowest BCUT2D eigenvalue weighted by atomic mass is 10.4. The molecule has 66 valence electrons. The van der Waals surface area contributed by atoms with Gasteiger partial charge < -0.3 is 4.74 Å². The Morgan fingerprint density at radius 2 is 2.00 bits per heavy atom. The third-order valence-corrected chi connectivity index (χ3v) is 1.49. The number of rotatable bonds is 5. The van der Waals surface area contributed by atoms with Crippen molar-refractivity contribution in [3.05, 3.63) is 12.3 Å². The Labute approximate surface area is 69.8 Å². The van der Waals surface area contributed by atoms with Crippen molar-refractivity contribution in [1.29, 1.82) is 0 Å². The summed E-state index contributed by atoms with van der Waals surface area (Å²) in [6, 6.07) is 0. The van der Waals surface area contributed by atoms with Crippen molar-refractivity contribution < 1.29 is 4.74 Å². The highest BCUT2D eigenvalue weighted by molar-refractivity contribution is 4.72. The first-order chi connectivity index (χ1) is 5.22. The number of ether oxygens (including phenoxy) is 1. The molecule has 0 heterocycles. The van der Waals surface area contributed by atoms with Crippen molar-refractivity contribution in [3.63, 3.8) is 0 Å². The van der Waals surface area contributed by atoms with Gasteiger partial charge in [0.05, 0.1) is 6.26 Å². The Bertz CT molecular complexity index is 110. The molecule has 0 fully saturated rings. The summed E-state index contributed by atoms with van der Waals surface area (Å²) in [7, 11) is 4.04. The van der Waals surface area contributed by atoms with Crippen molar-refractivity contribution in [2.24, 2.45) is 0 Å². The van der Waals surface area contributed by atoms with E-state index in [9.17, 15) is 0 Å². The fourth-order valence-electron chi connectivity index (χ4n) is 0.826. The van der Waals surface area contributed by atoms with Gasteiger partial charge in [-0.05, 0) is 26.9 Å². The van der Waals surface area contributed by atoms with Crippen LogP contribution in [-0.2, 0) is 4.74 Å². The third-order valence-electron chi connectivity index (χ3n) is 1.49. The van der Waals surface area contributed by atoms with Gasteiger partial charge in [0.25, 0.3) is 0 Å². The van der Waals surface area contributed by atoms with Crippen LogP contribution in [0.2, 0.25) is 0 Å². The Balaban J connectivity index is 3.60. The van der Waals surface area contributed by atoms with Crippen LogP contribution in [0.15, 0.2) is 12.3 Å². The number of allylic oxidation sites excluding steroid dienone is 1. The Morgan fingerprint density at radius 3 is 2.36 bits per heavy atom. The summed E-state index contributed by atoms with van der Waals surface area (Å²) in [6.45, 7) is 4.21. The fourth-order valence-corrected chi connectivity index (χ4v) is 0.826. The first-order valence-corrected chi connectivity index (χ1v) is 4.19. The highest BCUT2D eigenvalue weighted by Gasteiger charge is 2.05. The highest BCUT2D eigenvalue weighted by atomic mass is 16.5. The zero-order valence-electron chi connectivity index (χ0n) is 8.00. The molecule has 0 aromatic rings. The van der Waals surface area contributed by atoms with Gasteiger partial charge >= 0.3 is 0 Å². The van der Waals surface area contributed by atoms with Crippen molar-refractivity contribution in [2.45, 2.75) is 32.9 Å². The van der Waals surface area contributed by atoms with E-state index in [0.717, 1.165) is 12.8 Å². The summed E-state index contributed by atoms with van der Waals surface area (Å²) < 4.78 is 5.44. The van der Waals surface area contributed by atoms with Crippen LogP contribution in [0.3, 0.4) is 0 Å². The monoisotopic (exact) mass is 157 g/mol. The van der Waals surface area contributed by atoms with E-state index in [2.05, 4.69) is 18.7 Å². The van der Waals surface area contributed by atoms with Gasteiger partial charge in [0.15, 0.2) is 6.23 Å². The Morgan fingerprint density at radius 1 is 1.36 bits per heavy atom. The smallest absolute Gasteiger partial charge is 0.150 e. The maximum atomic E-state index is 5.44. The van der Waals surface area contributed by atoms with Crippen LogP contribution in [0.5, 0.6) is 0 Å². The number of nitrogens with zero attached hydrogens (tertiary/aromatic N) is 1.